The average Bonchev–Trinajstić information content (AvgIpc) is 2.92. The molecule has 0 aliphatic rings. The van der Waals surface area contributed by atoms with E-state index in [1.54, 1.807) is 48.7 Å². The molecule has 2 aromatic heterocycles. The standard InChI is InChI=1S/C14H12N2O3S/c1-19-13-7-9-15-12-8-10-16(14(12)13)20(17,18)11-5-3-2-4-6-11/h2-10H,1H3. The number of aromatic nitrogens is 2. The summed E-state index contributed by atoms with van der Waals surface area (Å²) in [6, 6.07) is 11.6. The smallest absolute Gasteiger partial charge is 0.268 e. The third kappa shape index (κ3) is 1.85. The van der Waals surface area contributed by atoms with Crippen LogP contribution in [0.1, 0.15) is 0 Å². The summed E-state index contributed by atoms with van der Waals surface area (Å²) in [4.78, 5) is 4.38. The molecule has 0 saturated carbocycles. The van der Waals surface area contributed by atoms with Crippen LogP contribution in [0.4, 0.5) is 0 Å². The maximum absolute atomic E-state index is 12.7. The van der Waals surface area contributed by atoms with E-state index in [1.807, 2.05) is 0 Å². The number of pyridine rings is 1. The van der Waals surface area contributed by atoms with Gasteiger partial charge >= 0.3 is 0 Å². The Morgan fingerprint density at radius 2 is 1.85 bits per heavy atom. The van der Waals surface area contributed by atoms with Gasteiger partial charge in [0.25, 0.3) is 10.0 Å². The van der Waals surface area contributed by atoms with Crippen molar-refractivity contribution >= 4 is 21.1 Å². The first-order chi connectivity index (χ1) is 9.64. The van der Waals surface area contributed by atoms with Crippen LogP contribution in [-0.4, -0.2) is 24.5 Å². The Bertz CT molecular complexity index is 855. The molecule has 0 unspecified atom stereocenters. The molecular weight excluding hydrogens is 276 g/mol. The van der Waals surface area contributed by atoms with Crippen molar-refractivity contribution in [3.8, 4) is 5.75 Å². The summed E-state index contributed by atoms with van der Waals surface area (Å²) >= 11 is 0. The molecule has 0 aliphatic carbocycles. The van der Waals surface area contributed by atoms with Gasteiger partial charge < -0.3 is 4.74 Å². The van der Waals surface area contributed by atoms with Crippen molar-refractivity contribution in [3.05, 3.63) is 54.9 Å². The quantitative estimate of drug-likeness (QED) is 0.742. The molecule has 102 valence electrons. The van der Waals surface area contributed by atoms with Crippen molar-refractivity contribution in [1.82, 2.24) is 8.96 Å². The van der Waals surface area contributed by atoms with Gasteiger partial charge in [0.05, 0.1) is 17.5 Å². The number of ether oxygens (including phenoxy) is 1. The lowest BCUT2D eigenvalue weighted by Gasteiger charge is -2.09. The van der Waals surface area contributed by atoms with Crippen LogP contribution < -0.4 is 4.74 Å². The minimum absolute atomic E-state index is 0.225. The molecule has 1 aromatic carbocycles. The lowest BCUT2D eigenvalue weighted by molar-refractivity contribution is 0.418. The Balaban J connectivity index is 2.31. The predicted octanol–water partition coefficient (Wildman–Crippen LogP) is 2.28. The Labute approximate surface area is 116 Å². The molecule has 6 heteroatoms. The number of methoxy groups -OCH3 is 1. The summed E-state index contributed by atoms with van der Waals surface area (Å²) in [6.45, 7) is 0. The fraction of sp³-hybridized carbons (Fsp3) is 0.0714. The van der Waals surface area contributed by atoms with Gasteiger partial charge in [-0.2, -0.15) is 0 Å². The molecule has 0 radical (unpaired) electrons. The number of nitrogens with zero attached hydrogens (tertiary/aromatic N) is 2. The molecule has 0 saturated heterocycles. The molecule has 20 heavy (non-hydrogen) atoms. The van der Waals surface area contributed by atoms with Crippen LogP contribution in [0.15, 0.2) is 59.8 Å². The molecule has 2 heterocycles. The van der Waals surface area contributed by atoms with Gasteiger partial charge in [-0.1, -0.05) is 18.2 Å². The number of rotatable bonds is 3. The number of hydrogen-bond acceptors (Lipinski definition) is 4. The van der Waals surface area contributed by atoms with Crippen molar-refractivity contribution < 1.29 is 13.2 Å². The highest BCUT2D eigenvalue weighted by Gasteiger charge is 2.20. The van der Waals surface area contributed by atoms with Gasteiger partial charge in [0.15, 0.2) is 0 Å². The van der Waals surface area contributed by atoms with E-state index in [2.05, 4.69) is 4.98 Å². The van der Waals surface area contributed by atoms with E-state index in [0.29, 0.717) is 16.8 Å². The van der Waals surface area contributed by atoms with Gasteiger partial charge in [0, 0.05) is 18.5 Å². The highest BCUT2D eigenvalue weighted by Crippen LogP contribution is 2.28. The fourth-order valence-corrected chi connectivity index (χ4v) is 3.45. The van der Waals surface area contributed by atoms with E-state index in [1.165, 1.54) is 17.3 Å². The largest absolute Gasteiger partial charge is 0.494 e. The molecule has 0 N–H and O–H groups in total. The van der Waals surface area contributed by atoms with Crippen LogP contribution in [0.5, 0.6) is 5.75 Å². The molecule has 5 nitrogen and oxygen atoms in total. The summed E-state index contributed by atoms with van der Waals surface area (Å²) in [6.07, 6.45) is 3.07. The van der Waals surface area contributed by atoms with E-state index < -0.39 is 10.0 Å². The Hall–Kier alpha value is -2.34. The second-order valence-corrected chi connectivity index (χ2v) is 5.99. The first-order valence-electron chi connectivity index (χ1n) is 5.95. The second-order valence-electron chi connectivity index (χ2n) is 4.18. The zero-order chi connectivity index (χ0) is 14.2. The Morgan fingerprint density at radius 1 is 1.10 bits per heavy atom. The fourth-order valence-electron chi connectivity index (χ4n) is 2.08. The lowest BCUT2D eigenvalue weighted by atomic mass is 10.3. The summed E-state index contributed by atoms with van der Waals surface area (Å²) in [5.41, 5.74) is 1.02. The van der Waals surface area contributed by atoms with Crippen LogP contribution >= 0.6 is 0 Å². The third-order valence-corrected chi connectivity index (χ3v) is 4.71. The summed E-state index contributed by atoms with van der Waals surface area (Å²) in [7, 11) is -2.16. The van der Waals surface area contributed by atoms with Crippen LogP contribution in [0, 0.1) is 0 Å². The predicted molar refractivity (Wildman–Crippen MR) is 75.3 cm³/mol. The SMILES string of the molecule is COc1ccnc2ccn(S(=O)(=O)c3ccccc3)c12. The van der Waals surface area contributed by atoms with Crippen molar-refractivity contribution in [3.63, 3.8) is 0 Å². The molecule has 0 amide bonds. The topological polar surface area (TPSA) is 61.2 Å². The van der Waals surface area contributed by atoms with Gasteiger partial charge in [-0.15, -0.1) is 0 Å². The molecule has 0 fully saturated rings. The van der Waals surface area contributed by atoms with E-state index in [9.17, 15) is 8.42 Å². The van der Waals surface area contributed by atoms with Crippen LogP contribution in [0.2, 0.25) is 0 Å². The minimum atomic E-state index is -3.66. The van der Waals surface area contributed by atoms with E-state index in [-0.39, 0.29) is 4.90 Å². The summed E-state index contributed by atoms with van der Waals surface area (Å²) in [5.74, 6) is 0.472. The van der Waals surface area contributed by atoms with Crippen molar-refractivity contribution in [2.75, 3.05) is 7.11 Å². The maximum Gasteiger partial charge on any atom is 0.268 e. The van der Waals surface area contributed by atoms with Gasteiger partial charge in [-0.3, -0.25) is 4.98 Å². The van der Waals surface area contributed by atoms with Crippen LogP contribution in [0.25, 0.3) is 11.0 Å². The van der Waals surface area contributed by atoms with E-state index in [0.717, 1.165) is 0 Å². The van der Waals surface area contributed by atoms with Gasteiger partial charge in [-0.25, -0.2) is 12.4 Å². The van der Waals surface area contributed by atoms with Crippen molar-refractivity contribution in [2.45, 2.75) is 4.90 Å². The lowest BCUT2D eigenvalue weighted by Crippen LogP contribution is -2.12. The first-order valence-corrected chi connectivity index (χ1v) is 7.39. The number of fused-ring (bicyclic) bond motifs is 1. The van der Waals surface area contributed by atoms with Crippen molar-refractivity contribution in [2.24, 2.45) is 0 Å². The number of hydrogen-bond donors (Lipinski definition) is 0. The molecule has 0 atom stereocenters. The Morgan fingerprint density at radius 3 is 2.55 bits per heavy atom. The van der Waals surface area contributed by atoms with Gasteiger partial charge in [0.2, 0.25) is 0 Å². The first kappa shape index (κ1) is 12.7. The summed E-state index contributed by atoms with van der Waals surface area (Å²) in [5, 5.41) is 0. The minimum Gasteiger partial charge on any atom is -0.494 e. The average molecular weight is 288 g/mol. The molecule has 3 aromatic rings. The zero-order valence-corrected chi connectivity index (χ0v) is 11.5. The monoisotopic (exact) mass is 288 g/mol. The van der Waals surface area contributed by atoms with Gasteiger partial charge in [-0.05, 0) is 18.2 Å². The second kappa shape index (κ2) is 4.64. The molecule has 0 bridgehead atoms. The Kier molecular flexibility index (Phi) is 2.94. The third-order valence-electron chi connectivity index (χ3n) is 3.02. The van der Waals surface area contributed by atoms with E-state index in [4.69, 9.17) is 4.74 Å². The van der Waals surface area contributed by atoms with Crippen LogP contribution in [-0.2, 0) is 10.0 Å². The van der Waals surface area contributed by atoms with E-state index >= 15 is 0 Å². The van der Waals surface area contributed by atoms with Gasteiger partial charge in [0.1, 0.15) is 11.3 Å². The maximum atomic E-state index is 12.7. The highest BCUT2D eigenvalue weighted by molar-refractivity contribution is 7.90. The number of benzene rings is 1. The highest BCUT2D eigenvalue weighted by atomic mass is 32.2. The van der Waals surface area contributed by atoms with Crippen LogP contribution in [0.3, 0.4) is 0 Å². The summed E-state index contributed by atoms with van der Waals surface area (Å²) < 4.78 is 31.7. The molecular formula is C14H12N2O3S. The molecule has 0 aliphatic heterocycles. The van der Waals surface area contributed by atoms with Crippen molar-refractivity contribution in [1.29, 1.82) is 0 Å². The molecule has 3 rings (SSSR count). The molecule has 0 spiro atoms. The normalized spacial score (nSPS) is 11.7. The zero-order valence-electron chi connectivity index (χ0n) is 10.7.